The summed E-state index contributed by atoms with van der Waals surface area (Å²) in [6.45, 7) is 1.36. The number of rotatable bonds is 2. The molecule has 1 aromatic carbocycles. The summed E-state index contributed by atoms with van der Waals surface area (Å²) >= 11 is 9.00. The largest absolute Gasteiger partial charge is 0.339 e. The minimum absolute atomic E-state index is 0.147. The normalized spacial score (nSPS) is 15.8. The van der Waals surface area contributed by atoms with Crippen LogP contribution in [-0.2, 0) is 10.0 Å². The van der Waals surface area contributed by atoms with E-state index >= 15 is 0 Å². The molecule has 8 heteroatoms. The SMILES string of the molecule is NS(=O)(=O)c1cc(C(=O)N2CCCC2)cc(Cl)c1Br. The molecule has 1 aromatic rings. The predicted molar refractivity (Wildman–Crippen MR) is 75.7 cm³/mol. The van der Waals surface area contributed by atoms with Gasteiger partial charge in [-0.25, -0.2) is 13.6 Å². The molecule has 1 aliphatic heterocycles. The summed E-state index contributed by atoms with van der Waals surface area (Å²) in [5.41, 5.74) is 0.235. The molecule has 1 saturated heterocycles. The standard InChI is InChI=1S/C11H12BrClN2O3S/c12-10-8(13)5-7(6-9(10)19(14,17)18)11(16)15-3-1-2-4-15/h5-6H,1-4H2,(H2,14,17,18). The molecule has 0 bridgehead atoms. The summed E-state index contributed by atoms with van der Waals surface area (Å²) in [7, 11) is -3.94. The highest BCUT2D eigenvalue weighted by Crippen LogP contribution is 2.31. The van der Waals surface area contributed by atoms with Crippen molar-refractivity contribution in [3.63, 3.8) is 0 Å². The number of halogens is 2. The Morgan fingerprint density at radius 3 is 2.42 bits per heavy atom. The number of nitrogens with two attached hydrogens (primary N) is 1. The number of likely N-dealkylation sites (tertiary alicyclic amines) is 1. The van der Waals surface area contributed by atoms with Crippen LogP contribution in [0.4, 0.5) is 0 Å². The van der Waals surface area contributed by atoms with Crippen molar-refractivity contribution in [2.75, 3.05) is 13.1 Å². The van der Waals surface area contributed by atoms with E-state index in [1.165, 1.54) is 12.1 Å². The first-order valence-corrected chi connectivity index (χ1v) is 8.33. The van der Waals surface area contributed by atoms with Crippen molar-refractivity contribution in [1.29, 1.82) is 0 Å². The van der Waals surface area contributed by atoms with Gasteiger partial charge in [-0.2, -0.15) is 0 Å². The Hall–Kier alpha value is -0.630. The second-order valence-corrected chi connectivity index (χ2v) is 7.04. The first-order chi connectivity index (χ1) is 8.80. The van der Waals surface area contributed by atoms with Crippen LogP contribution in [0.5, 0.6) is 0 Å². The fraction of sp³-hybridized carbons (Fsp3) is 0.364. The smallest absolute Gasteiger partial charge is 0.253 e. The van der Waals surface area contributed by atoms with Crippen LogP contribution in [0.15, 0.2) is 21.5 Å². The van der Waals surface area contributed by atoms with E-state index in [9.17, 15) is 13.2 Å². The lowest BCUT2D eigenvalue weighted by atomic mass is 10.2. The van der Waals surface area contributed by atoms with Gasteiger partial charge in [0.1, 0.15) is 0 Å². The average Bonchev–Trinajstić information content (AvgIpc) is 2.83. The van der Waals surface area contributed by atoms with Gasteiger partial charge in [-0.1, -0.05) is 11.6 Å². The molecule has 0 unspecified atom stereocenters. The molecule has 1 fully saturated rings. The molecular weight excluding hydrogens is 356 g/mol. The third kappa shape index (κ3) is 3.10. The van der Waals surface area contributed by atoms with Crippen LogP contribution in [-0.4, -0.2) is 32.3 Å². The fourth-order valence-electron chi connectivity index (χ4n) is 2.00. The highest BCUT2D eigenvalue weighted by molar-refractivity contribution is 9.10. The lowest BCUT2D eigenvalue weighted by Crippen LogP contribution is -2.28. The van der Waals surface area contributed by atoms with Crippen molar-refractivity contribution in [3.8, 4) is 0 Å². The average molecular weight is 368 g/mol. The van der Waals surface area contributed by atoms with Crippen LogP contribution in [0.25, 0.3) is 0 Å². The maximum atomic E-state index is 12.2. The minimum Gasteiger partial charge on any atom is -0.339 e. The Labute approximate surface area is 124 Å². The molecule has 0 spiro atoms. The topological polar surface area (TPSA) is 80.5 Å². The van der Waals surface area contributed by atoms with Gasteiger partial charge in [-0.3, -0.25) is 4.79 Å². The lowest BCUT2D eigenvalue weighted by Gasteiger charge is -2.16. The molecule has 19 heavy (non-hydrogen) atoms. The van der Waals surface area contributed by atoms with Gasteiger partial charge in [-0.05, 0) is 40.9 Å². The number of hydrogen-bond donors (Lipinski definition) is 1. The number of amides is 1. The number of sulfonamides is 1. The molecule has 2 N–H and O–H groups in total. The monoisotopic (exact) mass is 366 g/mol. The summed E-state index contributed by atoms with van der Waals surface area (Å²) in [5, 5.41) is 5.25. The van der Waals surface area contributed by atoms with Gasteiger partial charge in [0, 0.05) is 18.7 Å². The number of hydrogen-bond acceptors (Lipinski definition) is 3. The number of carbonyl (C=O) groups is 1. The van der Waals surface area contributed by atoms with Gasteiger partial charge < -0.3 is 4.90 Å². The summed E-state index contributed by atoms with van der Waals surface area (Å²) in [6.07, 6.45) is 1.91. The van der Waals surface area contributed by atoms with Crippen LogP contribution < -0.4 is 5.14 Å². The van der Waals surface area contributed by atoms with Crippen molar-refractivity contribution in [2.24, 2.45) is 5.14 Å². The maximum absolute atomic E-state index is 12.2. The highest BCUT2D eigenvalue weighted by atomic mass is 79.9. The van der Waals surface area contributed by atoms with Crippen LogP contribution in [0.1, 0.15) is 23.2 Å². The van der Waals surface area contributed by atoms with E-state index in [1.54, 1.807) is 4.90 Å². The molecule has 104 valence electrons. The molecule has 1 heterocycles. The summed E-state index contributed by atoms with van der Waals surface area (Å²) in [6, 6.07) is 2.70. The zero-order valence-electron chi connectivity index (χ0n) is 9.90. The second-order valence-electron chi connectivity index (χ2n) is 4.31. The van der Waals surface area contributed by atoms with Gasteiger partial charge in [0.25, 0.3) is 5.91 Å². The molecular formula is C11H12BrClN2O3S. The third-order valence-corrected chi connectivity index (χ3v) is 5.52. The molecule has 0 aliphatic carbocycles. The van der Waals surface area contributed by atoms with Crippen molar-refractivity contribution >= 4 is 43.5 Å². The first kappa shape index (κ1) is 14.8. The Bertz CT molecular complexity index is 627. The summed E-state index contributed by atoms with van der Waals surface area (Å²) < 4.78 is 23.1. The minimum atomic E-state index is -3.94. The lowest BCUT2D eigenvalue weighted by molar-refractivity contribution is 0.0792. The Kier molecular flexibility index (Phi) is 4.20. The molecule has 0 aromatic heterocycles. The summed E-state index contributed by atoms with van der Waals surface area (Å²) in [4.78, 5) is 13.7. The van der Waals surface area contributed by atoms with Crippen molar-refractivity contribution in [3.05, 3.63) is 27.2 Å². The predicted octanol–water partition coefficient (Wildman–Crippen LogP) is 1.99. The third-order valence-electron chi connectivity index (χ3n) is 2.94. The van der Waals surface area contributed by atoms with Crippen molar-refractivity contribution < 1.29 is 13.2 Å². The van der Waals surface area contributed by atoms with E-state index in [0.29, 0.717) is 13.1 Å². The number of primary sulfonamides is 1. The summed E-state index contributed by atoms with van der Waals surface area (Å²) in [5.74, 6) is -0.225. The molecule has 1 amide bonds. The zero-order valence-corrected chi connectivity index (χ0v) is 13.1. The van der Waals surface area contributed by atoms with Gasteiger partial charge >= 0.3 is 0 Å². The van der Waals surface area contributed by atoms with Crippen LogP contribution in [0.2, 0.25) is 5.02 Å². The van der Waals surface area contributed by atoms with Gasteiger partial charge in [0.05, 0.1) is 14.4 Å². The van der Waals surface area contributed by atoms with Gasteiger partial charge in [0.2, 0.25) is 10.0 Å². The van der Waals surface area contributed by atoms with E-state index in [2.05, 4.69) is 15.9 Å². The van der Waals surface area contributed by atoms with E-state index < -0.39 is 10.0 Å². The Morgan fingerprint density at radius 2 is 1.89 bits per heavy atom. The highest BCUT2D eigenvalue weighted by Gasteiger charge is 2.23. The molecule has 5 nitrogen and oxygen atoms in total. The molecule has 0 atom stereocenters. The zero-order chi connectivity index (χ0) is 14.2. The van der Waals surface area contributed by atoms with E-state index in [-0.39, 0.29) is 25.9 Å². The maximum Gasteiger partial charge on any atom is 0.253 e. The quantitative estimate of drug-likeness (QED) is 0.868. The van der Waals surface area contributed by atoms with Crippen molar-refractivity contribution in [1.82, 2.24) is 4.90 Å². The van der Waals surface area contributed by atoms with Gasteiger partial charge in [0.15, 0.2) is 0 Å². The number of carbonyl (C=O) groups excluding carboxylic acids is 1. The van der Waals surface area contributed by atoms with E-state index in [0.717, 1.165) is 12.8 Å². The van der Waals surface area contributed by atoms with Crippen LogP contribution in [0.3, 0.4) is 0 Å². The van der Waals surface area contributed by atoms with E-state index in [4.69, 9.17) is 16.7 Å². The molecule has 2 rings (SSSR count). The number of nitrogens with zero attached hydrogens (tertiary/aromatic N) is 1. The van der Waals surface area contributed by atoms with E-state index in [1.807, 2.05) is 0 Å². The van der Waals surface area contributed by atoms with Crippen LogP contribution in [0, 0.1) is 0 Å². The van der Waals surface area contributed by atoms with Crippen LogP contribution >= 0.6 is 27.5 Å². The Morgan fingerprint density at radius 1 is 1.32 bits per heavy atom. The van der Waals surface area contributed by atoms with Gasteiger partial charge in [-0.15, -0.1) is 0 Å². The molecule has 0 radical (unpaired) electrons. The molecule has 0 saturated carbocycles. The second kappa shape index (κ2) is 5.40. The Balaban J connectivity index is 2.48. The fourth-order valence-corrected chi connectivity index (χ4v) is 3.83. The molecule has 1 aliphatic rings. The number of benzene rings is 1. The van der Waals surface area contributed by atoms with Crippen molar-refractivity contribution in [2.45, 2.75) is 17.7 Å². The first-order valence-electron chi connectivity index (χ1n) is 5.62.